The summed E-state index contributed by atoms with van der Waals surface area (Å²) in [5.41, 5.74) is 3.01. The Kier molecular flexibility index (Phi) is 3.82. The van der Waals surface area contributed by atoms with Crippen LogP contribution in [0.3, 0.4) is 0 Å². The molecule has 0 radical (unpaired) electrons. The molecule has 108 valence electrons. The van der Waals surface area contributed by atoms with Gasteiger partial charge in [-0.05, 0) is 37.3 Å². The number of hydrogen-bond donors (Lipinski definition) is 1. The van der Waals surface area contributed by atoms with E-state index < -0.39 is 0 Å². The minimum absolute atomic E-state index is 0.633. The average Bonchev–Trinajstić information content (AvgIpc) is 2.92. The van der Waals surface area contributed by atoms with Gasteiger partial charge in [0.05, 0.1) is 5.56 Å². The number of nitrogens with one attached hydrogen (secondary N) is 1. The molecule has 0 saturated heterocycles. The highest BCUT2D eigenvalue weighted by Crippen LogP contribution is 2.24. The molecule has 6 nitrogen and oxygen atoms in total. The van der Waals surface area contributed by atoms with Crippen LogP contribution in [0.1, 0.15) is 35.5 Å². The van der Waals surface area contributed by atoms with Crippen LogP contribution in [-0.4, -0.2) is 26.3 Å². The number of nitriles is 1. The molecule has 1 aliphatic rings. The molecule has 1 aliphatic carbocycles. The topological polar surface area (TPSA) is 79.4 Å². The van der Waals surface area contributed by atoms with Gasteiger partial charge in [-0.1, -0.05) is 0 Å². The third-order valence-corrected chi connectivity index (χ3v) is 3.87. The third-order valence-electron chi connectivity index (χ3n) is 3.87. The molecule has 2 aromatic heterocycles. The van der Waals surface area contributed by atoms with Crippen LogP contribution in [0.2, 0.25) is 0 Å². The Balaban J connectivity index is 1.72. The summed E-state index contributed by atoms with van der Waals surface area (Å²) in [4.78, 5) is 4.65. The Labute approximate surface area is 123 Å². The standard InChI is InChI=1S/C15H18N6/c1-21-10-18-20-14(21)6-7-17-15-12(9-16)8-11-4-2-3-5-13(11)19-15/h8,10H,2-7H2,1H3,(H,17,19). The minimum atomic E-state index is 0.633. The molecule has 21 heavy (non-hydrogen) atoms. The van der Waals surface area contributed by atoms with Crippen molar-refractivity contribution in [2.45, 2.75) is 32.1 Å². The van der Waals surface area contributed by atoms with E-state index in [1.54, 1.807) is 6.33 Å². The molecule has 1 N–H and O–H groups in total. The first-order chi connectivity index (χ1) is 10.3. The van der Waals surface area contributed by atoms with Crippen LogP contribution in [-0.2, 0) is 26.3 Å². The average molecular weight is 282 g/mol. The van der Waals surface area contributed by atoms with E-state index in [1.807, 2.05) is 17.7 Å². The first kappa shape index (κ1) is 13.6. The zero-order valence-electron chi connectivity index (χ0n) is 12.1. The van der Waals surface area contributed by atoms with E-state index in [9.17, 15) is 5.26 Å². The fraction of sp³-hybridized carbons (Fsp3) is 0.467. The van der Waals surface area contributed by atoms with E-state index >= 15 is 0 Å². The van der Waals surface area contributed by atoms with Gasteiger partial charge in [-0.15, -0.1) is 10.2 Å². The van der Waals surface area contributed by atoms with Gasteiger partial charge in [-0.3, -0.25) is 0 Å². The highest BCUT2D eigenvalue weighted by molar-refractivity contribution is 5.54. The molecular formula is C15H18N6. The van der Waals surface area contributed by atoms with Crippen molar-refractivity contribution >= 4 is 5.82 Å². The number of hydrogen-bond acceptors (Lipinski definition) is 5. The lowest BCUT2D eigenvalue weighted by molar-refractivity contribution is 0.667. The summed E-state index contributed by atoms with van der Waals surface area (Å²) in [7, 11) is 1.92. The zero-order chi connectivity index (χ0) is 14.7. The highest BCUT2D eigenvalue weighted by atomic mass is 15.2. The van der Waals surface area contributed by atoms with Gasteiger partial charge in [0, 0.05) is 25.7 Å². The van der Waals surface area contributed by atoms with Crippen LogP contribution in [0.4, 0.5) is 5.82 Å². The summed E-state index contributed by atoms with van der Waals surface area (Å²) in [6, 6.07) is 4.23. The zero-order valence-corrected chi connectivity index (χ0v) is 12.1. The molecule has 0 bridgehead atoms. The lowest BCUT2D eigenvalue weighted by Gasteiger charge is -2.17. The smallest absolute Gasteiger partial charge is 0.144 e. The maximum Gasteiger partial charge on any atom is 0.144 e. The summed E-state index contributed by atoms with van der Waals surface area (Å²) in [6.45, 7) is 0.687. The van der Waals surface area contributed by atoms with E-state index in [1.165, 1.54) is 18.4 Å². The summed E-state index contributed by atoms with van der Waals surface area (Å²) >= 11 is 0. The van der Waals surface area contributed by atoms with Gasteiger partial charge in [0.1, 0.15) is 24.0 Å². The molecule has 0 amide bonds. The maximum atomic E-state index is 9.29. The molecule has 0 unspecified atom stereocenters. The lowest BCUT2D eigenvalue weighted by Crippen LogP contribution is -2.13. The SMILES string of the molecule is Cn1cnnc1CCNc1nc2c(cc1C#N)CCCC2. The fourth-order valence-corrected chi connectivity index (χ4v) is 2.68. The third kappa shape index (κ3) is 2.87. The van der Waals surface area contributed by atoms with Crippen molar-refractivity contribution in [2.75, 3.05) is 11.9 Å². The van der Waals surface area contributed by atoms with Crippen LogP contribution in [0.25, 0.3) is 0 Å². The number of aryl methyl sites for hydroxylation is 3. The van der Waals surface area contributed by atoms with Crippen LogP contribution in [0.15, 0.2) is 12.4 Å². The molecule has 0 atom stereocenters. The molecule has 3 rings (SSSR count). The van der Waals surface area contributed by atoms with Crippen molar-refractivity contribution in [3.63, 3.8) is 0 Å². The Morgan fingerprint density at radius 1 is 1.38 bits per heavy atom. The van der Waals surface area contributed by atoms with E-state index in [0.717, 1.165) is 30.8 Å². The summed E-state index contributed by atoms with van der Waals surface area (Å²) in [6.07, 6.45) is 6.87. The monoisotopic (exact) mass is 282 g/mol. The number of fused-ring (bicyclic) bond motifs is 1. The van der Waals surface area contributed by atoms with E-state index in [2.05, 4.69) is 26.6 Å². The van der Waals surface area contributed by atoms with Gasteiger partial charge in [-0.25, -0.2) is 4.98 Å². The predicted molar refractivity (Wildman–Crippen MR) is 78.8 cm³/mol. The number of aromatic nitrogens is 4. The quantitative estimate of drug-likeness (QED) is 0.921. The van der Waals surface area contributed by atoms with Crippen molar-refractivity contribution < 1.29 is 0 Å². The Hall–Kier alpha value is -2.42. The number of rotatable bonds is 4. The second-order valence-corrected chi connectivity index (χ2v) is 5.34. The maximum absolute atomic E-state index is 9.29. The van der Waals surface area contributed by atoms with Crippen molar-refractivity contribution in [2.24, 2.45) is 7.05 Å². The Morgan fingerprint density at radius 2 is 2.24 bits per heavy atom. The summed E-state index contributed by atoms with van der Waals surface area (Å²) < 4.78 is 1.90. The van der Waals surface area contributed by atoms with Gasteiger partial charge >= 0.3 is 0 Å². The number of anilines is 1. The Morgan fingerprint density at radius 3 is 3.00 bits per heavy atom. The van der Waals surface area contributed by atoms with Crippen LogP contribution < -0.4 is 5.32 Å². The minimum Gasteiger partial charge on any atom is -0.369 e. The Bertz CT molecular complexity index is 682. The number of pyridine rings is 1. The van der Waals surface area contributed by atoms with Gasteiger partial charge in [0.2, 0.25) is 0 Å². The lowest BCUT2D eigenvalue weighted by atomic mass is 9.95. The van der Waals surface area contributed by atoms with Gasteiger partial charge < -0.3 is 9.88 Å². The van der Waals surface area contributed by atoms with Gasteiger partial charge in [0.25, 0.3) is 0 Å². The fourth-order valence-electron chi connectivity index (χ4n) is 2.68. The highest BCUT2D eigenvalue weighted by Gasteiger charge is 2.15. The van der Waals surface area contributed by atoms with Crippen molar-refractivity contribution in [3.05, 3.63) is 35.0 Å². The second kappa shape index (κ2) is 5.92. The normalized spacial score (nSPS) is 13.5. The summed E-state index contributed by atoms with van der Waals surface area (Å²) in [5.74, 6) is 1.61. The molecule has 0 fully saturated rings. The molecule has 2 heterocycles. The first-order valence-electron chi connectivity index (χ1n) is 7.27. The number of nitrogens with zero attached hydrogens (tertiary/aromatic N) is 5. The molecule has 0 spiro atoms. The predicted octanol–water partition coefficient (Wildman–Crippen LogP) is 1.62. The van der Waals surface area contributed by atoms with Gasteiger partial charge in [0.15, 0.2) is 0 Å². The molecule has 0 aromatic carbocycles. The second-order valence-electron chi connectivity index (χ2n) is 5.34. The van der Waals surface area contributed by atoms with Crippen molar-refractivity contribution in [1.29, 1.82) is 5.26 Å². The van der Waals surface area contributed by atoms with Crippen molar-refractivity contribution in [3.8, 4) is 6.07 Å². The van der Waals surface area contributed by atoms with Gasteiger partial charge in [-0.2, -0.15) is 5.26 Å². The molecule has 2 aromatic rings. The van der Waals surface area contributed by atoms with E-state index in [-0.39, 0.29) is 0 Å². The first-order valence-corrected chi connectivity index (χ1v) is 7.27. The largest absolute Gasteiger partial charge is 0.369 e. The summed E-state index contributed by atoms with van der Waals surface area (Å²) in [5, 5.41) is 20.5. The molecule has 0 aliphatic heterocycles. The molecular weight excluding hydrogens is 264 g/mol. The van der Waals surface area contributed by atoms with Crippen LogP contribution in [0.5, 0.6) is 0 Å². The van der Waals surface area contributed by atoms with Crippen LogP contribution in [0, 0.1) is 11.3 Å². The van der Waals surface area contributed by atoms with E-state index in [4.69, 9.17) is 0 Å². The van der Waals surface area contributed by atoms with Crippen molar-refractivity contribution in [1.82, 2.24) is 19.7 Å². The van der Waals surface area contributed by atoms with Crippen LogP contribution >= 0.6 is 0 Å². The van der Waals surface area contributed by atoms with E-state index in [0.29, 0.717) is 17.9 Å². The molecule has 6 heteroatoms. The molecule has 0 saturated carbocycles.